The number of aromatic nitrogens is 1. The third kappa shape index (κ3) is 3.63. The van der Waals surface area contributed by atoms with E-state index in [9.17, 15) is 0 Å². The summed E-state index contributed by atoms with van der Waals surface area (Å²) in [6.07, 6.45) is 4.89. The van der Waals surface area contributed by atoms with Crippen molar-refractivity contribution in [1.29, 1.82) is 0 Å². The molecule has 0 bridgehead atoms. The van der Waals surface area contributed by atoms with Crippen LogP contribution in [0.4, 0.5) is 0 Å². The molecule has 0 aromatic carbocycles. The summed E-state index contributed by atoms with van der Waals surface area (Å²) in [5.74, 6) is 0.734. The lowest BCUT2D eigenvalue weighted by Gasteiger charge is -2.04. The van der Waals surface area contributed by atoms with E-state index in [0.717, 1.165) is 30.1 Å². The molecule has 1 rings (SSSR count). The molecular formula is C11H19N3S. The van der Waals surface area contributed by atoms with Gasteiger partial charge in [0.25, 0.3) is 0 Å². The number of aryl methyl sites for hydroxylation is 1. The molecule has 0 aliphatic rings. The second-order valence-corrected chi connectivity index (χ2v) is 4.71. The van der Waals surface area contributed by atoms with Crippen molar-refractivity contribution in [1.82, 2.24) is 4.98 Å². The minimum atomic E-state index is 0.0989. The van der Waals surface area contributed by atoms with Gasteiger partial charge in [0.2, 0.25) is 0 Å². The number of nitrogens with two attached hydrogens (primary N) is 1. The largest absolute Gasteiger partial charge is 0.387 e. The molecule has 15 heavy (non-hydrogen) atoms. The van der Waals surface area contributed by atoms with E-state index in [0.29, 0.717) is 0 Å². The average molecular weight is 225 g/mol. The number of nitrogens with zero attached hydrogens (tertiary/aromatic N) is 2. The lowest BCUT2D eigenvalue weighted by atomic mass is 10.3. The summed E-state index contributed by atoms with van der Waals surface area (Å²) in [7, 11) is 0. The molecule has 1 aromatic rings. The summed E-state index contributed by atoms with van der Waals surface area (Å²) < 4.78 is 0. The standard InChI is InChI=1S/C11H19N3S/c1-4-6-10(12)14-8(3)11-13-7-9(5-2)15-11/h7-8H,4-6H2,1-3H3,(H2,12,14). The predicted octanol–water partition coefficient (Wildman–Crippen LogP) is 2.92. The fourth-order valence-corrected chi connectivity index (χ4v) is 2.15. The van der Waals surface area contributed by atoms with Gasteiger partial charge < -0.3 is 5.73 Å². The molecule has 0 aliphatic carbocycles. The normalized spacial score (nSPS) is 14.2. The van der Waals surface area contributed by atoms with Gasteiger partial charge in [0.05, 0.1) is 5.84 Å². The Kier molecular flexibility index (Phi) is 4.75. The van der Waals surface area contributed by atoms with Crippen LogP contribution in [0.5, 0.6) is 0 Å². The van der Waals surface area contributed by atoms with Gasteiger partial charge in [-0.1, -0.05) is 13.8 Å². The third-order valence-corrected chi connectivity index (χ3v) is 3.45. The van der Waals surface area contributed by atoms with Crippen LogP contribution in [-0.4, -0.2) is 10.8 Å². The maximum atomic E-state index is 5.79. The summed E-state index contributed by atoms with van der Waals surface area (Å²) in [4.78, 5) is 10.1. The van der Waals surface area contributed by atoms with E-state index in [-0.39, 0.29) is 6.04 Å². The van der Waals surface area contributed by atoms with Gasteiger partial charge in [-0.3, -0.25) is 4.99 Å². The molecule has 0 aliphatic heterocycles. The van der Waals surface area contributed by atoms with Crippen molar-refractivity contribution in [3.05, 3.63) is 16.1 Å². The second kappa shape index (κ2) is 5.85. The maximum Gasteiger partial charge on any atom is 0.117 e. The smallest absolute Gasteiger partial charge is 0.117 e. The quantitative estimate of drug-likeness (QED) is 0.618. The van der Waals surface area contributed by atoms with Gasteiger partial charge in [0, 0.05) is 17.5 Å². The maximum absolute atomic E-state index is 5.79. The van der Waals surface area contributed by atoms with E-state index in [1.807, 2.05) is 13.1 Å². The van der Waals surface area contributed by atoms with E-state index >= 15 is 0 Å². The van der Waals surface area contributed by atoms with Crippen LogP contribution in [-0.2, 0) is 6.42 Å². The number of hydrogen-bond donors (Lipinski definition) is 1. The molecule has 0 radical (unpaired) electrons. The van der Waals surface area contributed by atoms with E-state index < -0.39 is 0 Å². The molecule has 0 amide bonds. The van der Waals surface area contributed by atoms with Crippen LogP contribution in [0, 0.1) is 0 Å². The molecule has 1 heterocycles. The monoisotopic (exact) mass is 225 g/mol. The lowest BCUT2D eigenvalue weighted by molar-refractivity contribution is 0.796. The van der Waals surface area contributed by atoms with Gasteiger partial charge in [-0.25, -0.2) is 4.98 Å². The van der Waals surface area contributed by atoms with Gasteiger partial charge in [0.15, 0.2) is 0 Å². The molecule has 4 heteroatoms. The third-order valence-electron chi connectivity index (χ3n) is 2.14. The molecule has 1 aromatic heterocycles. The van der Waals surface area contributed by atoms with Crippen LogP contribution < -0.4 is 5.73 Å². The van der Waals surface area contributed by atoms with Crippen molar-refractivity contribution in [2.24, 2.45) is 10.7 Å². The minimum absolute atomic E-state index is 0.0989. The van der Waals surface area contributed by atoms with Crippen LogP contribution in [0.15, 0.2) is 11.2 Å². The average Bonchev–Trinajstić information content (AvgIpc) is 2.66. The highest BCUT2D eigenvalue weighted by molar-refractivity contribution is 7.11. The van der Waals surface area contributed by atoms with Crippen molar-refractivity contribution >= 4 is 17.2 Å². The Morgan fingerprint density at radius 1 is 1.60 bits per heavy atom. The van der Waals surface area contributed by atoms with E-state index in [1.54, 1.807) is 11.3 Å². The minimum Gasteiger partial charge on any atom is -0.387 e. The first-order valence-electron chi connectivity index (χ1n) is 5.44. The summed E-state index contributed by atoms with van der Waals surface area (Å²) in [6.45, 7) is 6.28. The molecule has 0 spiro atoms. The van der Waals surface area contributed by atoms with Crippen LogP contribution >= 0.6 is 11.3 Å². The van der Waals surface area contributed by atoms with Gasteiger partial charge >= 0.3 is 0 Å². The zero-order valence-corrected chi connectivity index (χ0v) is 10.5. The van der Waals surface area contributed by atoms with Crippen molar-refractivity contribution in [3.63, 3.8) is 0 Å². The Labute approximate surface area is 95.4 Å². The Balaban J connectivity index is 2.67. The number of hydrogen-bond acceptors (Lipinski definition) is 3. The number of amidine groups is 1. The number of thiazole rings is 1. The SMILES string of the molecule is CCCC(N)=NC(C)c1ncc(CC)s1. The van der Waals surface area contributed by atoms with Crippen molar-refractivity contribution in [2.45, 2.75) is 46.1 Å². The first-order chi connectivity index (χ1) is 7.17. The highest BCUT2D eigenvalue weighted by Crippen LogP contribution is 2.23. The Bertz CT molecular complexity index is 330. The zero-order chi connectivity index (χ0) is 11.3. The summed E-state index contributed by atoms with van der Waals surface area (Å²) in [5.41, 5.74) is 5.79. The first kappa shape index (κ1) is 12.2. The highest BCUT2D eigenvalue weighted by atomic mass is 32.1. The van der Waals surface area contributed by atoms with E-state index in [2.05, 4.69) is 23.8 Å². The summed E-state index contributed by atoms with van der Waals surface area (Å²) in [5, 5.41) is 1.06. The van der Waals surface area contributed by atoms with E-state index in [4.69, 9.17) is 5.73 Å². The Morgan fingerprint density at radius 2 is 2.33 bits per heavy atom. The predicted molar refractivity (Wildman–Crippen MR) is 66.4 cm³/mol. The molecule has 1 atom stereocenters. The van der Waals surface area contributed by atoms with Crippen molar-refractivity contribution < 1.29 is 0 Å². The van der Waals surface area contributed by atoms with Crippen molar-refractivity contribution in [2.75, 3.05) is 0 Å². The van der Waals surface area contributed by atoms with Crippen LogP contribution in [0.1, 0.15) is 49.5 Å². The van der Waals surface area contributed by atoms with Crippen LogP contribution in [0.2, 0.25) is 0 Å². The van der Waals surface area contributed by atoms with Gasteiger partial charge in [-0.05, 0) is 19.8 Å². The molecule has 84 valence electrons. The van der Waals surface area contributed by atoms with Gasteiger partial charge in [-0.2, -0.15) is 0 Å². The molecule has 3 nitrogen and oxygen atoms in total. The van der Waals surface area contributed by atoms with Crippen molar-refractivity contribution in [3.8, 4) is 0 Å². The van der Waals surface area contributed by atoms with Crippen LogP contribution in [0.3, 0.4) is 0 Å². The van der Waals surface area contributed by atoms with E-state index in [1.165, 1.54) is 4.88 Å². The Morgan fingerprint density at radius 3 is 2.87 bits per heavy atom. The highest BCUT2D eigenvalue weighted by Gasteiger charge is 2.08. The second-order valence-electron chi connectivity index (χ2n) is 3.56. The zero-order valence-electron chi connectivity index (χ0n) is 9.66. The molecule has 0 saturated carbocycles. The fraction of sp³-hybridized carbons (Fsp3) is 0.636. The first-order valence-corrected chi connectivity index (χ1v) is 6.25. The molecule has 1 unspecified atom stereocenters. The molecule has 0 saturated heterocycles. The fourth-order valence-electron chi connectivity index (χ4n) is 1.30. The molecule has 2 N–H and O–H groups in total. The summed E-state index contributed by atoms with van der Waals surface area (Å²) >= 11 is 1.73. The van der Waals surface area contributed by atoms with Gasteiger partial charge in [-0.15, -0.1) is 11.3 Å². The Hall–Kier alpha value is -0.900. The number of aliphatic imine (C=N–C) groups is 1. The summed E-state index contributed by atoms with van der Waals surface area (Å²) in [6, 6.07) is 0.0989. The van der Waals surface area contributed by atoms with Crippen LogP contribution in [0.25, 0.3) is 0 Å². The molecule has 0 fully saturated rings. The van der Waals surface area contributed by atoms with Gasteiger partial charge in [0.1, 0.15) is 11.0 Å². The lowest BCUT2D eigenvalue weighted by Crippen LogP contribution is -2.12. The molecular weight excluding hydrogens is 206 g/mol. The topological polar surface area (TPSA) is 51.3 Å². The number of rotatable bonds is 5.